The SMILES string of the molecule is Cn1cc(NC2CS(=O)(=O)c3cc(C(=O)O)ccc32)c2ncnc(C(=O)NCc3ccc4c(c3)NC(=O)CO4)c21. The van der Waals surface area contributed by atoms with Gasteiger partial charge in [0.15, 0.2) is 22.1 Å². The van der Waals surface area contributed by atoms with Crippen molar-refractivity contribution in [3.05, 3.63) is 71.3 Å². The first-order valence-electron chi connectivity index (χ1n) is 12.1. The number of sulfone groups is 1. The third-order valence-electron chi connectivity index (χ3n) is 6.78. The summed E-state index contributed by atoms with van der Waals surface area (Å²) in [5.74, 6) is -1.62. The molecule has 6 rings (SSSR count). The zero-order valence-electron chi connectivity index (χ0n) is 21.0. The van der Waals surface area contributed by atoms with Crippen LogP contribution in [0.1, 0.15) is 38.0 Å². The highest BCUT2D eigenvalue weighted by molar-refractivity contribution is 7.91. The molecule has 0 spiro atoms. The Labute approximate surface area is 227 Å². The molecule has 204 valence electrons. The second kappa shape index (κ2) is 9.34. The van der Waals surface area contributed by atoms with Gasteiger partial charge < -0.3 is 30.4 Å². The van der Waals surface area contributed by atoms with Gasteiger partial charge in [-0.05, 0) is 35.4 Å². The summed E-state index contributed by atoms with van der Waals surface area (Å²) in [7, 11) is -1.98. The molecule has 13 nitrogen and oxygen atoms in total. The fourth-order valence-corrected chi connectivity index (χ4v) is 6.70. The molecule has 4 heterocycles. The molecule has 40 heavy (non-hydrogen) atoms. The van der Waals surface area contributed by atoms with Crippen molar-refractivity contribution in [1.82, 2.24) is 19.9 Å². The second-order valence-electron chi connectivity index (χ2n) is 9.46. The number of anilines is 2. The first-order valence-corrected chi connectivity index (χ1v) is 13.8. The normalized spacial score (nSPS) is 16.9. The molecule has 1 atom stereocenters. The van der Waals surface area contributed by atoms with E-state index >= 15 is 0 Å². The molecule has 0 fully saturated rings. The molecule has 14 heteroatoms. The Hall–Kier alpha value is -4.98. The van der Waals surface area contributed by atoms with Crippen molar-refractivity contribution in [2.24, 2.45) is 7.05 Å². The van der Waals surface area contributed by atoms with Crippen molar-refractivity contribution in [3.63, 3.8) is 0 Å². The molecular weight excluding hydrogens is 540 g/mol. The van der Waals surface area contributed by atoms with E-state index in [4.69, 9.17) is 4.74 Å². The summed E-state index contributed by atoms with van der Waals surface area (Å²) in [6.45, 7) is 0.118. The van der Waals surface area contributed by atoms with E-state index < -0.39 is 27.8 Å². The van der Waals surface area contributed by atoms with Gasteiger partial charge in [0.2, 0.25) is 0 Å². The summed E-state index contributed by atoms with van der Waals surface area (Å²) in [5, 5.41) is 18.0. The van der Waals surface area contributed by atoms with Gasteiger partial charge >= 0.3 is 5.97 Å². The van der Waals surface area contributed by atoms with Crippen LogP contribution >= 0.6 is 0 Å². The minimum Gasteiger partial charge on any atom is -0.482 e. The fourth-order valence-electron chi connectivity index (χ4n) is 4.94. The van der Waals surface area contributed by atoms with Crippen LogP contribution in [0.5, 0.6) is 5.75 Å². The fraction of sp³-hybridized carbons (Fsp3) is 0.192. The maximum absolute atomic E-state index is 13.2. The molecule has 2 aromatic heterocycles. The van der Waals surface area contributed by atoms with Crippen molar-refractivity contribution >= 4 is 50.0 Å². The first kappa shape index (κ1) is 25.3. The van der Waals surface area contributed by atoms with Gasteiger partial charge in [-0.2, -0.15) is 0 Å². The molecular formula is C26H22N6O7S. The van der Waals surface area contributed by atoms with Crippen LogP contribution in [-0.4, -0.2) is 58.2 Å². The standard InChI is InChI=1S/C26H22N6O7S/c1-32-9-17(30-18-11-40(37,38)20-7-14(26(35)36)3-4-15(18)20)22-24(32)23(29-12-28-22)25(34)27-8-13-2-5-19-16(6-13)31-21(33)10-39-19/h2-7,9,12,18,30H,8,10-11H2,1H3,(H,27,34)(H,31,33)(H,35,36). The number of amides is 2. The topological polar surface area (TPSA) is 182 Å². The molecule has 1 unspecified atom stereocenters. The number of hydrogen-bond acceptors (Lipinski definition) is 9. The quantitative estimate of drug-likeness (QED) is 0.271. The van der Waals surface area contributed by atoms with Crippen LogP contribution in [-0.2, 0) is 28.2 Å². The molecule has 0 aliphatic carbocycles. The number of carbonyl (C=O) groups excluding carboxylic acids is 2. The van der Waals surface area contributed by atoms with Crippen LogP contribution < -0.4 is 20.7 Å². The summed E-state index contributed by atoms with van der Waals surface area (Å²) < 4.78 is 32.6. The number of carboxylic acid groups (broad SMARTS) is 1. The van der Waals surface area contributed by atoms with Crippen molar-refractivity contribution in [3.8, 4) is 5.75 Å². The van der Waals surface area contributed by atoms with Crippen molar-refractivity contribution in [2.45, 2.75) is 17.5 Å². The summed E-state index contributed by atoms with van der Waals surface area (Å²) in [5.41, 5.74) is 3.10. The van der Waals surface area contributed by atoms with E-state index in [1.165, 1.54) is 24.5 Å². The van der Waals surface area contributed by atoms with E-state index in [9.17, 15) is 27.9 Å². The lowest BCUT2D eigenvalue weighted by molar-refractivity contribution is -0.118. The van der Waals surface area contributed by atoms with E-state index in [-0.39, 0.29) is 41.0 Å². The van der Waals surface area contributed by atoms with Crippen molar-refractivity contribution in [1.29, 1.82) is 0 Å². The van der Waals surface area contributed by atoms with Gasteiger partial charge in [0.25, 0.3) is 11.8 Å². The number of aromatic carboxylic acids is 1. The predicted octanol–water partition coefficient (Wildman–Crippen LogP) is 1.87. The number of aryl methyl sites for hydroxylation is 1. The Kier molecular flexibility index (Phi) is 5.91. The van der Waals surface area contributed by atoms with Gasteiger partial charge in [0.1, 0.15) is 23.1 Å². The third-order valence-corrected chi connectivity index (χ3v) is 8.58. The number of nitrogens with zero attached hydrogens (tertiary/aromatic N) is 3. The summed E-state index contributed by atoms with van der Waals surface area (Å²) in [6, 6.07) is 8.62. The smallest absolute Gasteiger partial charge is 0.335 e. The lowest BCUT2D eigenvalue weighted by Crippen LogP contribution is -2.26. The number of carbonyl (C=O) groups is 3. The molecule has 0 radical (unpaired) electrons. The van der Waals surface area contributed by atoms with Crippen LogP contribution in [0.15, 0.2) is 53.8 Å². The average molecular weight is 563 g/mol. The molecule has 4 N–H and O–H groups in total. The Balaban J connectivity index is 1.25. The number of aromatic nitrogens is 3. The molecule has 2 aliphatic rings. The van der Waals surface area contributed by atoms with Gasteiger partial charge in [-0.3, -0.25) is 9.59 Å². The average Bonchev–Trinajstić information content (AvgIpc) is 3.38. The van der Waals surface area contributed by atoms with E-state index in [0.717, 1.165) is 5.56 Å². The number of ether oxygens (including phenoxy) is 1. The lowest BCUT2D eigenvalue weighted by atomic mass is 10.1. The number of rotatable bonds is 6. The molecule has 4 aromatic rings. The van der Waals surface area contributed by atoms with E-state index in [0.29, 0.717) is 33.7 Å². The van der Waals surface area contributed by atoms with Crippen LogP contribution in [0.4, 0.5) is 11.4 Å². The Morgan fingerprint density at radius 3 is 2.83 bits per heavy atom. The minimum atomic E-state index is -3.70. The minimum absolute atomic E-state index is 0.0202. The summed E-state index contributed by atoms with van der Waals surface area (Å²) in [6.07, 6.45) is 2.95. The highest BCUT2D eigenvalue weighted by atomic mass is 32.2. The largest absolute Gasteiger partial charge is 0.482 e. The van der Waals surface area contributed by atoms with E-state index in [1.54, 1.807) is 36.0 Å². The van der Waals surface area contributed by atoms with Crippen LogP contribution in [0.2, 0.25) is 0 Å². The highest BCUT2D eigenvalue weighted by Gasteiger charge is 2.36. The molecule has 0 bridgehead atoms. The van der Waals surface area contributed by atoms with E-state index in [2.05, 4.69) is 25.9 Å². The summed E-state index contributed by atoms with van der Waals surface area (Å²) >= 11 is 0. The maximum atomic E-state index is 13.2. The lowest BCUT2D eigenvalue weighted by Gasteiger charge is -2.18. The molecule has 2 aliphatic heterocycles. The zero-order valence-corrected chi connectivity index (χ0v) is 21.8. The van der Waals surface area contributed by atoms with Gasteiger partial charge in [-0.15, -0.1) is 0 Å². The monoisotopic (exact) mass is 562 g/mol. The number of hydrogen-bond donors (Lipinski definition) is 4. The van der Waals surface area contributed by atoms with Crippen LogP contribution in [0.3, 0.4) is 0 Å². The molecule has 2 amide bonds. The number of benzene rings is 2. The van der Waals surface area contributed by atoms with Crippen molar-refractivity contribution in [2.75, 3.05) is 23.0 Å². The molecule has 0 saturated heterocycles. The number of carboxylic acids is 1. The summed E-state index contributed by atoms with van der Waals surface area (Å²) in [4.78, 5) is 44.6. The second-order valence-corrected chi connectivity index (χ2v) is 11.5. The van der Waals surface area contributed by atoms with Gasteiger partial charge in [-0.1, -0.05) is 12.1 Å². The van der Waals surface area contributed by atoms with E-state index in [1.807, 2.05) is 0 Å². The highest BCUT2D eigenvalue weighted by Crippen LogP contribution is 2.38. The van der Waals surface area contributed by atoms with Gasteiger partial charge in [0, 0.05) is 19.8 Å². The Bertz CT molecular complexity index is 1850. The first-order chi connectivity index (χ1) is 19.1. The van der Waals surface area contributed by atoms with Crippen molar-refractivity contribution < 1.29 is 32.6 Å². The number of fused-ring (bicyclic) bond motifs is 3. The van der Waals surface area contributed by atoms with Gasteiger partial charge in [-0.25, -0.2) is 23.2 Å². The Morgan fingerprint density at radius 2 is 2.02 bits per heavy atom. The maximum Gasteiger partial charge on any atom is 0.335 e. The predicted molar refractivity (Wildman–Crippen MR) is 142 cm³/mol. The molecule has 2 aromatic carbocycles. The zero-order chi connectivity index (χ0) is 28.2. The van der Waals surface area contributed by atoms with Crippen LogP contribution in [0, 0.1) is 0 Å². The third kappa shape index (κ3) is 4.37. The number of nitrogens with one attached hydrogen (secondary N) is 3. The van der Waals surface area contributed by atoms with Gasteiger partial charge in [0.05, 0.1) is 33.6 Å². The van der Waals surface area contributed by atoms with Crippen LogP contribution in [0.25, 0.3) is 11.0 Å². The Morgan fingerprint density at radius 1 is 1.20 bits per heavy atom. The molecule has 0 saturated carbocycles.